The Morgan fingerprint density at radius 2 is 1.47 bits per heavy atom. The van der Waals surface area contributed by atoms with E-state index < -0.39 is 0 Å². The summed E-state index contributed by atoms with van der Waals surface area (Å²) >= 11 is 13.6. The first-order chi connectivity index (χ1) is 17.5. The molecule has 4 nitrogen and oxygen atoms in total. The molecule has 0 spiro atoms. The second-order valence-electron chi connectivity index (χ2n) is 7.97. The Labute approximate surface area is 225 Å². The number of para-hydroxylation sites is 2. The number of thioether (sulfide) groups is 1. The van der Waals surface area contributed by atoms with Crippen molar-refractivity contribution in [2.45, 2.75) is 23.5 Å². The van der Waals surface area contributed by atoms with Crippen LogP contribution in [0.25, 0.3) is 0 Å². The van der Waals surface area contributed by atoms with Crippen LogP contribution in [0.4, 0.5) is 17.1 Å². The number of halogens is 2. The summed E-state index contributed by atoms with van der Waals surface area (Å²) in [5.74, 6) is -0.344. The zero-order chi connectivity index (χ0) is 25.5. The number of hydrogen-bond acceptors (Lipinski definition) is 3. The zero-order valence-electron chi connectivity index (χ0n) is 19.5. The summed E-state index contributed by atoms with van der Waals surface area (Å²) in [6.07, 6.45) is 0.636. The molecule has 1 unspecified atom stereocenters. The fourth-order valence-corrected chi connectivity index (χ4v) is 5.24. The van der Waals surface area contributed by atoms with Gasteiger partial charge in [-0.2, -0.15) is 0 Å². The highest BCUT2D eigenvalue weighted by molar-refractivity contribution is 8.00. The van der Waals surface area contributed by atoms with Crippen molar-refractivity contribution < 1.29 is 9.59 Å². The average Bonchev–Trinajstić information content (AvgIpc) is 2.89. The number of anilines is 3. The lowest BCUT2D eigenvalue weighted by molar-refractivity contribution is -0.117. The van der Waals surface area contributed by atoms with Crippen molar-refractivity contribution in [2.24, 2.45) is 0 Å². The van der Waals surface area contributed by atoms with Gasteiger partial charge in [0.25, 0.3) is 5.91 Å². The third kappa shape index (κ3) is 6.30. The molecule has 0 aromatic heterocycles. The minimum atomic E-state index is -0.332. The van der Waals surface area contributed by atoms with Gasteiger partial charge in [-0.05, 0) is 67.1 Å². The molecule has 182 valence electrons. The number of carbonyl (C=O) groups excluding carboxylic acids is 2. The van der Waals surface area contributed by atoms with Crippen LogP contribution in [0.2, 0.25) is 10.0 Å². The first-order valence-electron chi connectivity index (χ1n) is 11.4. The summed E-state index contributed by atoms with van der Waals surface area (Å²) in [5, 5.41) is 3.29. The van der Waals surface area contributed by atoms with Crippen molar-refractivity contribution in [3.05, 3.63) is 119 Å². The van der Waals surface area contributed by atoms with Gasteiger partial charge < -0.3 is 5.32 Å². The van der Waals surface area contributed by atoms with Gasteiger partial charge in [0.15, 0.2) is 0 Å². The Morgan fingerprint density at radius 1 is 0.833 bits per heavy atom. The summed E-state index contributed by atoms with van der Waals surface area (Å²) in [6, 6.07) is 31.5. The third-order valence-corrected chi connectivity index (χ3v) is 7.33. The van der Waals surface area contributed by atoms with Crippen LogP contribution in [0.3, 0.4) is 0 Å². The molecule has 4 aromatic rings. The SMILES string of the molecule is CCC(Sc1cccc(NC(=O)c2ccc(Cl)cc2Cl)c1)C(=O)N(c1ccccc1)c1ccccc1. The molecular formula is C29H24Cl2N2O2S. The normalized spacial score (nSPS) is 11.5. The lowest BCUT2D eigenvalue weighted by atomic mass is 10.2. The van der Waals surface area contributed by atoms with Crippen LogP contribution in [-0.4, -0.2) is 17.1 Å². The number of hydrogen-bond donors (Lipinski definition) is 1. The highest BCUT2D eigenvalue weighted by Gasteiger charge is 2.26. The van der Waals surface area contributed by atoms with E-state index in [2.05, 4.69) is 5.32 Å². The Balaban J connectivity index is 1.54. The van der Waals surface area contributed by atoms with Gasteiger partial charge in [-0.25, -0.2) is 0 Å². The highest BCUT2D eigenvalue weighted by atomic mass is 35.5. The van der Waals surface area contributed by atoms with Crippen LogP contribution >= 0.6 is 35.0 Å². The molecule has 1 N–H and O–H groups in total. The number of nitrogens with zero attached hydrogens (tertiary/aromatic N) is 1. The van der Waals surface area contributed by atoms with E-state index in [4.69, 9.17) is 23.2 Å². The monoisotopic (exact) mass is 534 g/mol. The van der Waals surface area contributed by atoms with Gasteiger partial charge in [-0.3, -0.25) is 14.5 Å². The minimum Gasteiger partial charge on any atom is -0.322 e. The van der Waals surface area contributed by atoms with Gasteiger partial charge >= 0.3 is 0 Å². The second-order valence-corrected chi connectivity index (χ2v) is 10.1. The molecule has 7 heteroatoms. The Bertz CT molecular complexity index is 1310. The fraction of sp³-hybridized carbons (Fsp3) is 0.103. The number of benzene rings is 4. The van der Waals surface area contributed by atoms with Crippen molar-refractivity contribution >= 4 is 63.8 Å². The van der Waals surface area contributed by atoms with Gasteiger partial charge in [-0.15, -0.1) is 11.8 Å². The van der Waals surface area contributed by atoms with E-state index >= 15 is 0 Å². The molecule has 0 radical (unpaired) electrons. The van der Waals surface area contributed by atoms with Crippen LogP contribution in [-0.2, 0) is 4.79 Å². The largest absolute Gasteiger partial charge is 0.322 e. The summed E-state index contributed by atoms with van der Waals surface area (Å²) in [5.41, 5.74) is 2.57. The third-order valence-electron chi connectivity index (χ3n) is 5.44. The molecule has 1 atom stereocenters. The number of amides is 2. The number of rotatable bonds is 8. The smallest absolute Gasteiger partial charge is 0.257 e. The molecule has 0 fully saturated rings. The number of carbonyl (C=O) groups is 2. The predicted molar refractivity (Wildman–Crippen MR) is 151 cm³/mol. The number of nitrogens with one attached hydrogen (secondary N) is 1. The molecule has 0 saturated carbocycles. The predicted octanol–water partition coefficient (Wildman–Crippen LogP) is 8.48. The van der Waals surface area contributed by atoms with Crippen molar-refractivity contribution in [3.8, 4) is 0 Å². The summed E-state index contributed by atoms with van der Waals surface area (Å²) in [7, 11) is 0. The molecule has 4 rings (SSSR count). The van der Waals surface area contributed by atoms with Gasteiger partial charge in [0.1, 0.15) is 0 Å². The topological polar surface area (TPSA) is 49.4 Å². The van der Waals surface area contributed by atoms with E-state index in [0.29, 0.717) is 22.7 Å². The first kappa shape index (κ1) is 25.8. The summed E-state index contributed by atoms with van der Waals surface area (Å²) in [6.45, 7) is 2.00. The summed E-state index contributed by atoms with van der Waals surface area (Å²) in [4.78, 5) is 29.2. The quantitative estimate of drug-likeness (QED) is 0.230. The molecule has 36 heavy (non-hydrogen) atoms. The Kier molecular flexibility index (Phi) is 8.70. The van der Waals surface area contributed by atoms with Crippen LogP contribution in [0.1, 0.15) is 23.7 Å². The van der Waals surface area contributed by atoms with Gasteiger partial charge in [0.05, 0.1) is 15.8 Å². The van der Waals surface area contributed by atoms with E-state index in [-0.39, 0.29) is 22.1 Å². The van der Waals surface area contributed by atoms with E-state index in [1.807, 2.05) is 85.8 Å². The minimum absolute atomic E-state index is 0.0118. The molecule has 0 bridgehead atoms. The maximum Gasteiger partial charge on any atom is 0.257 e. The van der Waals surface area contributed by atoms with Crippen LogP contribution < -0.4 is 10.2 Å². The standard InChI is InChI=1S/C29H24Cl2N2O2S/c1-2-27(29(35)33(22-11-5-3-6-12-22)23-13-7-4-8-14-23)36-24-15-9-10-21(19-24)32-28(34)25-17-16-20(30)18-26(25)31/h3-19,27H,2H2,1H3,(H,32,34). The molecule has 0 saturated heterocycles. The van der Waals surface area contributed by atoms with Crippen molar-refractivity contribution in [1.29, 1.82) is 0 Å². The molecule has 0 aliphatic carbocycles. The second kappa shape index (κ2) is 12.1. The maximum atomic E-state index is 13.8. The molecule has 2 amide bonds. The van der Waals surface area contributed by atoms with Crippen molar-refractivity contribution in [1.82, 2.24) is 0 Å². The van der Waals surface area contributed by atoms with Crippen molar-refractivity contribution in [2.75, 3.05) is 10.2 Å². The fourth-order valence-electron chi connectivity index (χ4n) is 3.69. The first-order valence-corrected chi connectivity index (χ1v) is 13.1. The lowest BCUT2D eigenvalue weighted by Crippen LogP contribution is -2.34. The van der Waals surface area contributed by atoms with Crippen LogP contribution in [0.5, 0.6) is 0 Å². The molecule has 0 heterocycles. The lowest BCUT2D eigenvalue weighted by Gasteiger charge is -2.27. The van der Waals surface area contributed by atoms with E-state index in [1.54, 1.807) is 23.1 Å². The molecule has 4 aromatic carbocycles. The average molecular weight is 535 g/mol. The van der Waals surface area contributed by atoms with Crippen molar-refractivity contribution in [3.63, 3.8) is 0 Å². The molecule has 0 aliphatic rings. The van der Waals surface area contributed by atoms with Crippen LogP contribution in [0, 0.1) is 0 Å². The summed E-state index contributed by atoms with van der Waals surface area (Å²) < 4.78 is 0. The Hall–Kier alpha value is -3.25. The van der Waals surface area contributed by atoms with Gasteiger partial charge in [0.2, 0.25) is 5.91 Å². The zero-order valence-corrected chi connectivity index (χ0v) is 21.9. The van der Waals surface area contributed by atoms with Crippen LogP contribution in [0.15, 0.2) is 108 Å². The van der Waals surface area contributed by atoms with E-state index in [9.17, 15) is 9.59 Å². The Morgan fingerprint density at radius 3 is 2.06 bits per heavy atom. The molecular weight excluding hydrogens is 511 g/mol. The van der Waals surface area contributed by atoms with E-state index in [0.717, 1.165) is 16.3 Å². The van der Waals surface area contributed by atoms with Gasteiger partial charge in [0, 0.05) is 27.0 Å². The van der Waals surface area contributed by atoms with Gasteiger partial charge in [-0.1, -0.05) is 72.6 Å². The highest BCUT2D eigenvalue weighted by Crippen LogP contribution is 2.33. The maximum absolute atomic E-state index is 13.8. The molecule has 0 aliphatic heterocycles. The van der Waals surface area contributed by atoms with E-state index in [1.165, 1.54) is 17.8 Å².